The zero-order valence-corrected chi connectivity index (χ0v) is 31.8. The maximum atomic E-state index is 2.53. The van der Waals surface area contributed by atoms with Crippen molar-refractivity contribution in [1.82, 2.24) is 0 Å². The Morgan fingerprint density at radius 2 is 0.796 bits per heavy atom. The number of hydrogen-bond donors (Lipinski definition) is 0. The molecule has 54 heavy (non-hydrogen) atoms. The molecule has 1 spiro atoms. The summed E-state index contributed by atoms with van der Waals surface area (Å²) in [6.07, 6.45) is 0. The van der Waals surface area contributed by atoms with Gasteiger partial charge in [-0.3, -0.25) is 0 Å². The molecule has 1 nitrogen and oxygen atoms in total. The van der Waals surface area contributed by atoms with Crippen LogP contribution in [0.5, 0.6) is 0 Å². The summed E-state index contributed by atoms with van der Waals surface area (Å²) in [5, 5.41) is 9.14. The van der Waals surface area contributed by atoms with Crippen molar-refractivity contribution in [3.05, 3.63) is 204 Å². The number of anilines is 3. The van der Waals surface area contributed by atoms with E-state index < -0.39 is 13.5 Å². The fourth-order valence-electron chi connectivity index (χ4n) is 9.88. The molecule has 2 aliphatic rings. The number of rotatable bonds is 4. The van der Waals surface area contributed by atoms with Gasteiger partial charge in [0.2, 0.25) is 0 Å². The molecule has 256 valence electrons. The van der Waals surface area contributed by atoms with Crippen molar-refractivity contribution in [3.8, 4) is 22.3 Å². The molecular weight excluding hydrogens is 667 g/mol. The second-order valence-corrected chi connectivity index (χ2v) is 21.1. The van der Waals surface area contributed by atoms with Crippen LogP contribution in [0.3, 0.4) is 0 Å². The molecule has 9 aromatic carbocycles. The van der Waals surface area contributed by atoms with Crippen molar-refractivity contribution in [2.75, 3.05) is 4.90 Å². The standard InChI is InChI=1S/C52H39NSi/c1-54(2,3)36-30-27-34(28-31-36)53(50-26-14-22-45-39-16-5-4-15-37(39)38-17-6-7-21-44(38)51(45)50)35-29-32-43-42-20-10-13-25-48(42)52(49(43)33-35)46-23-11-8-18-40(46)41-19-9-12-24-47(41)52/h4-33H,1-3H3. The van der Waals surface area contributed by atoms with Crippen LogP contribution in [-0.4, -0.2) is 8.07 Å². The van der Waals surface area contributed by atoms with Gasteiger partial charge in [-0.2, -0.15) is 0 Å². The molecule has 0 amide bonds. The molecule has 2 aliphatic carbocycles. The number of nitrogens with zero attached hydrogens (tertiary/aromatic N) is 1. The highest BCUT2D eigenvalue weighted by Gasteiger charge is 2.51. The van der Waals surface area contributed by atoms with Crippen molar-refractivity contribution in [3.63, 3.8) is 0 Å². The molecular formula is C52H39NSi. The van der Waals surface area contributed by atoms with Crippen LogP contribution in [-0.2, 0) is 5.41 Å². The number of fused-ring (bicyclic) bond motifs is 16. The van der Waals surface area contributed by atoms with Gasteiger partial charge in [-0.25, -0.2) is 0 Å². The summed E-state index contributed by atoms with van der Waals surface area (Å²) in [5.41, 5.74) is 13.8. The van der Waals surface area contributed by atoms with Crippen LogP contribution in [0.4, 0.5) is 17.1 Å². The molecule has 11 rings (SSSR count). The van der Waals surface area contributed by atoms with E-state index in [-0.39, 0.29) is 0 Å². The normalized spacial score (nSPS) is 13.6. The Hall–Kier alpha value is -6.22. The van der Waals surface area contributed by atoms with Gasteiger partial charge in [-0.15, -0.1) is 0 Å². The molecule has 0 radical (unpaired) electrons. The molecule has 0 unspecified atom stereocenters. The van der Waals surface area contributed by atoms with Crippen molar-refractivity contribution >= 4 is 62.6 Å². The lowest BCUT2D eigenvalue weighted by Gasteiger charge is -2.33. The fourth-order valence-corrected chi connectivity index (χ4v) is 11.0. The number of hydrogen-bond acceptors (Lipinski definition) is 1. The lowest BCUT2D eigenvalue weighted by atomic mass is 9.70. The van der Waals surface area contributed by atoms with Gasteiger partial charge >= 0.3 is 0 Å². The van der Waals surface area contributed by atoms with Crippen LogP contribution < -0.4 is 10.1 Å². The second-order valence-electron chi connectivity index (χ2n) is 16.0. The SMILES string of the molecule is C[Si](C)(C)c1ccc(N(c2ccc3c(c2)C2(c4ccccc4-c4ccccc42)c2ccccc2-3)c2cccc3c4ccccc4c4ccccc4c23)cc1. The van der Waals surface area contributed by atoms with E-state index in [9.17, 15) is 0 Å². The summed E-state index contributed by atoms with van der Waals surface area (Å²) < 4.78 is 0. The van der Waals surface area contributed by atoms with Gasteiger partial charge in [0, 0.05) is 16.8 Å². The molecule has 0 atom stereocenters. The van der Waals surface area contributed by atoms with E-state index in [1.807, 2.05) is 0 Å². The van der Waals surface area contributed by atoms with E-state index in [2.05, 4.69) is 207 Å². The maximum Gasteiger partial charge on any atom is 0.0775 e. The minimum Gasteiger partial charge on any atom is -0.310 e. The Bertz CT molecular complexity index is 2880. The molecule has 0 fully saturated rings. The Labute approximate surface area is 317 Å². The van der Waals surface area contributed by atoms with Gasteiger partial charge < -0.3 is 4.90 Å². The van der Waals surface area contributed by atoms with E-state index in [4.69, 9.17) is 0 Å². The Kier molecular flexibility index (Phi) is 6.60. The van der Waals surface area contributed by atoms with Gasteiger partial charge in [-0.1, -0.05) is 176 Å². The van der Waals surface area contributed by atoms with Gasteiger partial charge in [0.05, 0.1) is 19.2 Å². The predicted molar refractivity (Wildman–Crippen MR) is 233 cm³/mol. The molecule has 9 aromatic rings. The highest BCUT2D eigenvalue weighted by atomic mass is 28.3. The molecule has 0 aromatic heterocycles. The lowest BCUT2D eigenvalue weighted by Crippen LogP contribution is -2.37. The van der Waals surface area contributed by atoms with Gasteiger partial charge in [-0.05, 0) is 102 Å². The van der Waals surface area contributed by atoms with Crippen LogP contribution >= 0.6 is 0 Å². The van der Waals surface area contributed by atoms with Crippen molar-refractivity contribution in [1.29, 1.82) is 0 Å². The maximum absolute atomic E-state index is 2.53. The van der Waals surface area contributed by atoms with Gasteiger partial charge in [0.25, 0.3) is 0 Å². The Morgan fingerprint density at radius 1 is 0.370 bits per heavy atom. The summed E-state index contributed by atoms with van der Waals surface area (Å²) in [5.74, 6) is 0. The number of benzene rings is 9. The molecule has 0 saturated carbocycles. The van der Waals surface area contributed by atoms with E-state index >= 15 is 0 Å². The summed E-state index contributed by atoms with van der Waals surface area (Å²) in [7, 11) is -1.52. The van der Waals surface area contributed by atoms with E-state index in [1.54, 1.807) is 0 Å². The van der Waals surface area contributed by atoms with Crippen LogP contribution in [0.15, 0.2) is 182 Å². The average molecular weight is 706 g/mol. The minimum atomic E-state index is -1.52. The van der Waals surface area contributed by atoms with Crippen LogP contribution in [0.1, 0.15) is 22.3 Å². The first-order valence-electron chi connectivity index (χ1n) is 19.1. The topological polar surface area (TPSA) is 3.24 Å². The Morgan fingerprint density at radius 3 is 1.33 bits per heavy atom. The van der Waals surface area contributed by atoms with Crippen LogP contribution in [0, 0.1) is 0 Å². The first-order valence-corrected chi connectivity index (χ1v) is 22.6. The van der Waals surface area contributed by atoms with Crippen molar-refractivity contribution < 1.29 is 0 Å². The largest absolute Gasteiger partial charge is 0.310 e. The lowest BCUT2D eigenvalue weighted by molar-refractivity contribution is 0.793. The highest BCUT2D eigenvalue weighted by molar-refractivity contribution is 6.88. The first-order chi connectivity index (χ1) is 26.4. The molecule has 2 heteroatoms. The summed E-state index contributed by atoms with van der Waals surface area (Å²) in [4.78, 5) is 2.53. The van der Waals surface area contributed by atoms with Crippen molar-refractivity contribution in [2.24, 2.45) is 0 Å². The average Bonchev–Trinajstić information content (AvgIpc) is 3.68. The Balaban J connectivity index is 1.24. The highest BCUT2D eigenvalue weighted by Crippen LogP contribution is 2.63. The summed E-state index contributed by atoms with van der Waals surface area (Å²) in [6, 6.07) is 68.7. The molecule has 0 saturated heterocycles. The van der Waals surface area contributed by atoms with Gasteiger partial charge in [0.1, 0.15) is 0 Å². The summed E-state index contributed by atoms with van der Waals surface area (Å²) in [6.45, 7) is 7.28. The van der Waals surface area contributed by atoms with E-state index in [0.29, 0.717) is 0 Å². The first kappa shape index (κ1) is 31.3. The molecule has 0 heterocycles. The predicted octanol–water partition coefficient (Wildman–Crippen LogP) is 13.5. The van der Waals surface area contributed by atoms with E-state index in [0.717, 1.165) is 5.69 Å². The fraction of sp³-hybridized carbons (Fsp3) is 0.0769. The molecule has 0 aliphatic heterocycles. The third-order valence-electron chi connectivity index (χ3n) is 12.2. The third-order valence-corrected chi connectivity index (χ3v) is 14.3. The zero-order chi connectivity index (χ0) is 36.2. The zero-order valence-electron chi connectivity index (χ0n) is 30.8. The van der Waals surface area contributed by atoms with Gasteiger partial charge in [0.15, 0.2) is 0 Å². The molecule has 0 bridgehead atoms. The third kappa shape index (κ3) is 4.20. The van der Waals surface area contributed by atoms with E-state index in [1.165, 1.54) is 93.4 Å². The van der Waals surface area contributed by atoms with Crippen LogP contribution in [0.25, 0.3) is 54.6 Å². The quantitative estimate of drug-likeness (QED) is 0.130. The smallest absolute Gasteiger partial charge is 0.0775 e. The van der Waals surface area contributed by atoms with Crippen LogP contribution in [0.2, 0.25) is 19.6 Å². The minimum absolute atomic E-state index is 0.413. The molecule has 0 N–H and O–H groups in total. The van der Waals surface area contributed by atoms with Crippen molar-refractivity contribution in [2.45, 2.75) is 25.1 Å². The monoisotopic (exact) mass is 705 g/mol. The second kappa shape index (κ2) is 11.4. The summed E-state index contributed by atoms with van der Waals surface area (Å²) >= 11 is 0.